The first-order valence-corrected chi connectivity index (χ1v) is 11.9. The van der Waals surface area contributed by atoms with E-state index in [9.17, 15) is 17.6 Å². The van der Waals surface area contributed by atoms with Crippen molar-refractivity contribution in [3.05, 3.63) is 108 Å². The average molecular weight is 463 g/mol. The largest absolute Gasteiger partial charge is 0.350 e. The molecule has 0 unspecified atom stereocenters. The monoisotopic (exact) mass is 462 g/mol. The highest BCUT2D eigenvalue weighted by Crippen LogP contribution is 2.26. The molecule has 4 aromatic rings. The zero-order chi connectivity index (χ0) is 23.4. The molecular weight excluding hydrogens is 439 g/mol. The second-order valence-electron chi connectivity index (χ2n) is 7.69. The van der Waals surface area contributed by atoms with Crippen molar-refractivity contribution in [1.82, 2.24) is 5.32 Å². The number of halogens is 1. The maximum atomic E-state index is 14.6. The molecule has 1 N–H and O–H groups in total. The first-order valence-electron chi connectivity index (χ1n) is 10.4. The highest BCUT2D eigenvalue weighted by atomic mass is 32.2. The molecule has 0 saturated heterocycles. The molecule has 5 nitrogen and oxygen atoms in total. The molecule has 7 heteroatoms. The van der Waals surface area contributed by atoms with Crippen LogP contribution in [0.5, 0.6) is 0 Å². The minimum atomic E-state index is -4.17. The molecule has 1 amide bonds. The van der Waals surface area contributed by atoms with E-state index in [0.29, 0.717) is 0 Å². The van der Waals surface area contributed by atoms with Gasteiger partial charge in [-0.2, -0.15) is 0 Å². The van der Waals surface area contributed by atoms with Crippen LogP contribution in [0.4, 0.5) is 10.1 Å². The third kappa shape index (κ3) is 4.88. The van der Waals surface area contributed by atoms with Gasteiger partial charge in [-0.15, -0.1) is 0 Å². The molecule has 168 valence electrons. The highest BCUT2D eigenvalue weighted by Gasteiger charge is 2.29. The van der Waals surface area contributed by atoms with Gasteiger partial charge in [-0.05, 0) is 47.5 Å². The van der Waals surface area contributed by atoms with Crippen LogP contribution < -0.4 is 9.62 Å². The second-order valence-corrected chi connectivity index (χ2v) is 9.55. The maximum absolute atomic E-state index is 14.6. The smallest absolute Gasteiger partial charge is 0.264 e. The number of para-hydroxylation sites is 1. The molecule has 0 fully saturated rings. The number of nitrogens with one attached hydrogen (secondary N) is 1. The summed E-state index contributed by atoms with van der Waals surface area (Å²) in [5, 5.41) is 4.82. The number of hydrogen-bond donors (Lipinski definition) is 1. The standard InChI is InChI=1S/C26H23FN2O3S/c1-19-13-15-22(16-14-19)33(31,32)29(25-12-5-4-11-24(25)27)18-26(30)28-17-21-9-6-8-20-7-2-3-10-23(20)21/h2-16H,17-18H2,1H3,(H,28,30). The Bertz CT molecular complexity index is 1400. The van der Waals surface area contributed by atoms with E-state index in [2.05, 4.69) is 5.32 Å². The average Bonchev–Trinajstić information content (AvgIpc) is 2.82. The zero-order valence-corrected chi connectivity index (χ0v) is 18.8. The van der Waals surface area contributed by atoms with Gasteiger partial charge in [-0.3, -0.25) is 9.10 Å². The number of fused-ring (bicyclic) bond motifs is 1. The Balaban J connectivity index is 1.61. The summed E-state index contributed by atoms with van der Waals surface area (Å²) in [6.07, 6.45) is 0. The Morgan fingerprint density at radius 3 is 2.30 bits per heavy atom. The van der Waals surface area contributed by atoms with E-state index in [1.807, 2.05) is 49.4 Å². The fourth-order valence-corrected chi connectivity index (χ4v) is 5.05. The first-order chi connectivity index (χ1) is 15.9. The first kappa shape index (κ1) is 22.5. The molecule has 33 heavy (non-hydrogen) atoms. The third-order valence-electron chi connectivity index (χ3n) is 5.37. The summed E-state index contributed by atoms with van der Waals surface area (Å²) in [4.78, 5) is 12.8. The summed E-state index contributed by atoms with van der Waals surface area (Å²) in [7, 11) is -4.17. The number of aryl methyl sites for hydroxylation is 1. The lowest BCUT2D eigenvalue weighted by Gasteiger charge is -2.24. The van der Waals surface area contributed by atoms with Gasteiger partial charge in [0.2, 0.25) is 5.91 Å². The van der Waals surface area contributed by atoms with E-state index in [-0.39, 0.29) is 17.1 Å². The molecule has 0 aromatic heterocycles. The van der Waals surface area contributed by atoms with Gasteiger partial charge < -0.3 is 5.32 Å². The van der Waals surface area contributed by atoms with Crippen LogP contribution in [0.2, 0.25) is 0 Å². The van der Waals surface area contributed by atoms with Gasteiger partial charge in [0.15, 0.2) is 0 Å². The fraction of sp³-hybridized carbons (Fsp3) is 0.115. The van der Waals surface area contributed by atoms with Crippen molar-refractivity contribution in [2.75, 3.05) is 10.8 Å². The lowest BCUT2D eigenvalue weighted by molar-refractivity contribution is -0.119. The van der Waals surface area contributed by atoms with Gasteiger partial charge in [0.25, 0.3) is 10.0 Å². The molecule has 0 aliphatic rings. The predicted octanol–water partition coefficient (Wildman–Crippen LogP) is 4.80. The van der Waals surface area contributed by atoms with E-state index < -0.39 is 28.3 Å². The van der Waals surface area contributed by atoms with E-state index >= 15 is 0 Å². The Hall–Kier alpha value is -3.71. The normalized spacial score (nSPS) is 11.3. The molecule has 0 saturated carbocycles. The molecule has 0 atom stereocenters. The van der Waals surface area contributed by atoms with Crippen LogP contribution in [0.1, 0.15) is 11.1 Å². The van der Waals surface area contributed by atoms with Crippen molar-refractivity contribution in [1.29, 1.82) is 0 Å². The summed E-state index contributed by atoms with van der Waals surface area (Å²) in [6, 6.07) is 25.3. The lowest BCUT2D eigenvalue weighted by atomic mass is 10.0. The summed E-state index contributed by atoms with van der Waals surface area (Å²) in [6.45, 7) is 1.50. The van der Waals surface area contributed by atoms with Gasteiger partial charge >= 0.3 is 0 Å². The third-order valence-corrected chi connectivity index (χ3v) is 7.15. The molecular formula is C26H23FN2O3S. The number of carbonyl (C=O) groups is 1. The van der Waals surface area contributed by atoms with Gasteiger partial charge in [0, 0.05) is 6.54 Å². The Morgan fingerprint density at radius 1 is 0.879 bits per heavy atom. The molecule has 0 aliphatic heterocycles. The number of sulfonamides is 1. The predicted molar refractivity (Wildman–Crippen MR) is 128 cm³/mol. The number of carbonyl (C=O) groups excluding carboxylic acids is 1. The minimum absolute atomic E-state index is 0.0155. The van der Waals surface area contributed by atoms with Crippen molar-refractivity contribution < 1.29 is 17.6 Å². The van der Waals surface area contributed by atoms with E-state index in [4.69, 9.17) is 0 Å². The van der Waals surface area contributed by atoms with Gasteiger partial charge in [0.05, 0.1) is 10.6 Å². The summed E-state index contributed by atoms with van der Waals surface area (Å²) in [5.74, 6) is -1.27. The van der Waals surface area contributed by atoms with Crippen molar-refractivity contribution >= 4 is 32.4 Å². The number of amides is 1. The van der Waals surface area contributed by atoms with Crippen molar-refractivity contribution in [3.8, 4) is 0 Å². The van der Waals surface area contributed by atoms with Crippen LogP contribution in [0.25, 0.3) is 10.8 Å². The maximum Gasteiger partial charge on any atom is 0.264 e. The Labute approximate surface area is 192 Å². The molecule has 0 spiro atoms. The number of nitrogens with zero attached hydrogens (tertiary/aromatic N) is 1. The highest BCUT2D eigenvalue weighted by molar-refractivity contribution is 7.92. The molecule has 4 rings (SSSR count). The van der Waals surface area contributed by atoms with Crippen molar-refractivity contribution in [2.45, 2.75) is 18.4 Å². The summed E-state index contributed by atoms with van der Waals surface area (Å²) >= 11 is 0. The van der Waals surface area contributed by atoms with Crippen LogP contribution >= 0.6 is 0 Å². The molecule has 0 aliphatic carbocycles. The van der Waals surface area contributed by atoms with Crippen molar-refractivity contribution in [3.63, 3.8) is 0 Å². The second kappa shape index (κ2) is 9.42. The molecule has 0 radical (unpaired) electrons. The Morgan fingerprint density at radius 2 is 1.55 bits per heavy atom. The zero-order valence-electron chi connectivity index (χ0n) is 18.0. The Kier molecular flexibility index (Phi) is 6.42. The van der Waals surface area contributed by atoms with Crippen molar-refractivity contribution in [2.24, 2.45) is 0 Å². The molecule has 4 aromatic carbocycles. The van der Waals surface area contributed by atoms with Crippen LogP contribution in [0, 0.1) is 12.7 Å². The van der Waals surface area contributed by atoms with Crippen LogP contribution in [-0.2, 0) is 21.4 Å². The van der Waals surface area contributed by atoms with E-state index in [1.165, 1.54) is 36.4 Å². The van der Waals surface area contributed by atoms with Crippen LogP contribution in [-0.4, -0.2) is 20.9 Å². The van der Waals surface area contributed by atoms with E-state index in [0.717, 1.165) is 26.2 Å². The topological polar surface area (TPSA) is 66.5 Å². The van der Waals surface area contributed by atoms with Gasteiger partial charge in [-0.25, -0.2) is 12.8 Å². The minimum Gasteiger partial charge on any atom is -0.350 e. The van der Waals surface area contributed by atoms with E-state index in [1.54, 1.807) is 12.1 Å². The van der Waals surface area contributed by atoms with Gasteiger partial charge in [-0.1, -0.05) is 72.3 Å². The lowest BCUT2D eigenvalue weighted by Crippen LogP contribution is -2.41. The van der Waals surface area contributed by atoms with Crippen LogP contribution in [0.3, 0.4) is 0 Å². The quantitative estimate of drug-likeness (QED) is 0.429. The molecule has 0 bridgehead atoms. The van der Waals surface area contributed by atoms with Gasteiger partial charge in [0.1, 0.15) is 12.4 Å². The fourth-order valence-electron chi connectivity index (χ4n) is 3.62. The number of hydrogen-bond acceptors (Lipinski definition) is 3. The summed E-state index contributed by atoms with van der Waals surface area (Å²) < 4.78 is 42.1. The number of benzene rings is 4. The van der Waals surface area contributed by atoms with Crippen LogP contribution in [0.15, 0.2) is 95.9 Å². The SMILES string of the molecule is Cc1ccc(S(=O)(=O)N(CC(=O)NCc2cccc3ccccc23)c2ccccc2F)cc1. The summed E-state index contributed by atoms with van der Waals surface area (Å²) in [5.41, 5.74) is 1.61. The number of anilines is 1. The number of rotatable bonds is 7. The molecule has 0 heterocycles.